The van der Waals surface area contributed by atoms with Crippen molar-refractivity contribution >= 4 is 5.69 Å². The van der Waals surface area contributed by atoms with E-state index < -0.39 is 23.5 Å². The normalized spacial score (nSPS) is 12.5. The summed E-state index contributed by atoms with van der Waals surface area (Å²) in [5.74, 6) is 0.0693. The van der Waals surface area contributed by atoms with E-state index in [0.717, 1.165) is 17.8 Å². The lowest BCUT2D eigenvalue weighted by Gasteiger charge is -2.19. The minimum absolute atomic E-state index is 0.0693. The summed E-state index contributed by atoms with van der Waals surface area (Å²) >= 11 is 0. The van der Waals surface area contributed by atoms with Crippen LogP contribution in [0.5, 0.6) is 5.75 Å². The van der Waals surface area contributed by atoms with E-state index in [1.54, 1.807) is 6.07 Å². The number of alkyl halides is 3. The molecule has 6 heteroatoms. The Balaban J connectivity index is 2.34. The fourth-order valence-corrected chi connectivity index (χ4v) is 2.17. The van der Waals surface area contributed by atoms with E-state index >= 15 is 0 Å². The third-order valence-corrected chi connectivity index (χ3v) is 3.28. The van der Waals surface area contributed by atoms with Gasteiger partial charge in [0.15, 0.2) is 5.69 Å². The van der Waals surface area contributed by atoms with Gasteiger partial charge in [-0.15, -0.1) is 0 Å². The summed E-state index contributed by atoms with van der Waals surface area (Å²) in [7, 11) is 0. The second-order valence-electron chi connectivity index (χ2n) is 5.01. The molecular weight excluding hydrogens is 305 g/mol. The minimum atomic E-state index is -4.59. The van der Waals surface area contributed by atoms with Gasteiger partial charge in [-0.2, -0.15) is 13.2 Å². The molecule has 0 aliphatic carbocycles. The van der Waals surface area contributed by atoms with Crippen molar-refractivity contribution < 1.29 is 17.9 Å². The first-order valence-electron chi connectivity index (χ1n) is 7.04. The Morgan fingerprint density at radius 1 is 1.26 bits per heavy atom. The molecule has 1 unspecified atom stereocenters. The van der Waals surface area contributed by atoms with Gasteiger partial charge in [0.2, 0.25) is 0 Å². The zero-order valence-corrected chi connectivity index (χ0v) is 12.7. The molecule has 1 aromatic heterocycles. The van der Waals surface area contributed by atoms with Crippen molar-refractivity contribution in [2.24, 2.45) is 0 Å². The molecule has 0 saturated heterocycles. The van der Waals surface area contributed by atoms with Crippen molar-refractivity contribution in [3.05, 3.63) is 64.8 Å². The second-order valence-corrected chi connectivity index (χ2v) is 5.01. The summed E-state index contributed by atoms with van der Waals surface area (Å²) in [5, 5.41) is 0. The molecule has 1 heterocycles. The molecule has 0 saturated carbocycles. The highest BCUT2D eigenvalue weighted by Gasteiger charge is 2.34. The molecule has 0 aliphatic heterocycles. The van der Waals surface area contributed by atoms with Crippen LogP contribution in [0.4, 0.5) is 18.9 Å². The Hall–Kier alpha value is -2.55. The van der Waals surface area contributed by atoms with Crippen molar-refractivity contribution in [2.75, 3.05) is 0 Å². The predicted molar refractivity (Wildman–Crippen MR) is 80.3 cm³/mol. The number of aryl methyl sites for hydroxylation is 1. The van der Waals surface area contributed by atoms with E-state index in [9.17, 15) is 13.2 Å². The van der Waals surface area contributed by atoms with E-state index in [-0.39, 0.29) is 5.75 Å². The monoisotopic (exact) mass is 320 g/mol. The van der Waals surface area contributed by atoms with Gasteiger partial charge >= 0.3 is 6.18 Å². The van der Waals surface area contributed by atoms with Gasteiger partial charge in [0.05, 0.1) is 17.8 Å². The van der Waals surface area contributed by atoms with Crippen LogP contribution in [-0.2, 0) is 6.18 Å². The van der Waals surface area contributed by atoms with E-state index in [1.165, 1.54) is 6.07 Å². The van der Waals surface area contributed by atoms with E-state index in [1.807, 2.05) is 26.0 Å². The standard InChI is InChI=1S/C17H15F3N2O/c1-4-16(15-7-5-6-11(2)22-15)23-12-8-9-14(21-3)13(10-12)17(18,19)20/h5-10,16H,4H2,1-2H3. The molecule has 0 N–H and O–H groups in total. The number of rotatable bonds is 4. The predicted octanol–water partition coefficient (Wildman–Crippen LogP) is 5.49. The first-order chi connectivity index (χ1) is 10.8. The number of nitrogens with zero attached hydrogens (tertiary/aromatic N) is 2. The average molecular weight is 320 g/mol. The zero-order valence-electron chi connectivity index (χ0n) is 12.7. The molecule has 0 fully saturated rings. The molecule has 2 aromatic rings. The molecule has 23 heavy (non-hydrogen) atoms. The van der Waals surface area contributed by atoms with Crippen LogP contribution in [0.3, 0.4) is 0 Å². The van der Waals surface area contributed by atoms with Crippen molar-refractivity contribution in [1.29, 1.82) is 0 Å². The molecule has 1 atom stereocenters. The Bertz CT molecular complexity index is 735. The highest BCUT2D eigenvalue weighted by molar-refractivity contribution is 5.56. The van der Waals surface area contributed by atoms with Gasteiger partial charge in [0.25, 0.3) is 0 Å². The Morgan fingerprint density at radius 3 is 2.57 bits per heavy atom. The molecule has 120 valence electrons. The molecule has 2 rings (SSSR count). The highest BCUT2D eigenvalue weighted by atomic mass is 19.4. The van der Waals surface area contributed by atoms with Crippen molar-refractivity contribution in [1.82, 2.24) is 4.98 Å². The molecule has 0 amide bonds. The molecule has 1 aromatic carbocycles. The summed E-state index contributed by atoms with van der Waals surface area (Å²) in [5.41, 5.74) is 0.0443. The van der Waals surface area contributed by atoms with Crippen LogP contribution in [0, 0.1) is 13.5 Å². The van der Waals surface area contributed by atoms with E-state index in [0.29, 0.717) is 12.1 Å². The number of ether oxygens (including phenoxy) is 1. The first-order valence-corrected chi connectivity index (χ1v) is 7.04. The Kier molecular flexibility index (Phi) is 4.89. The number of hydrogen-bond acceptors (Lipinski definition) is 2. The van der Waals surface area contributed by atoms with Gasteiger partial charge in [-0.05, 0) is 37.6 Å². The van der Waals surface area contributed by atoms with E-state index in [4.69, 9.17) is 11.3 Å². The number of benzene rings is 1. The van der Waals surface area contributed by atoms with Gasteiger partial charge in [0, 0.05) is 5.69 Å². The minimum Gasteiger partial charge on any atom is -0.484 e. The third-order valence-electron chi connectivity index (χ3n) is 3.28. The molecular formula is C17H15F3N2O. The summed E-state index contributed by atoms with van der Waals surface area (Å²) in [6.07, 6.45) is -4.49. The third kappa shape index (κ3) is 4.01. The lowest BCUT2D eigenvalue weighted by Crippen LogP contribution is -2.10. The molecule has 0 radical (unpaired) electrons. The van der Waals surface area contributed by atoms with Gasteiger partial charge < -0.3 is 4.74 Å². The fourth-order valence-electron chi connectivity index (χ4n) is 2.17. The SMILES string of the molecule is [C-]#[N+]c1ccc(OC(CC)c2cccc(C)n2)cc1C(F)(F)F. The average Bonchev–Trinajstić information content (AvgIpc) is 2.51. The molecule has 0 bridgehead atoms. The number of halogens is 3. The topological polar surface area (TPSA) is 26.5 Å². The smallest absolute Gasteiger partial charge is 0.407 e. The molecule has 0 aliphatic rings. The van der Waals surface area contributed by atoms with Crippen molar-refractivity contribution in [3.63, 3.8) is 0 Å². The molecule has 0 spiro atoms. The van der Waals surface area contributed by atoms with Gasteiger partial charge in [-0.1, -0.05) is 19.1 Å². The van der Waals surface area contributed by atoms with Crippen LogP contribution in [0.25, 0.3) is 4.85 Å². The summed E-state index contributed by atoms with van der Waals surface area (Å²) in [6, 6.07) is 8.81. The maximum atomic E-state index is 13.0. The number of hydrogen-bond donors (Lipinski definition) is 0. The van der Waals surface area contributed by atoms with Crippen LogP contribution >= 0.6 is 0 Å². The summed E-state index contributed by atoms with van der Waals surface area (Å²) in [4.78, 5) is 7.26. The second kappa shape index (κ2) is 6.69. The van der Waals surface area contributed by atoms with Crippen LogP contribution in [0.15, 0.2) is 36.4 Å². The van der Waals surface area contributed by atoms with Gasteiger partial charge in [0.1, 0.15) is 11.9 Å². The van der Waals surface area contributed by atoms with E-state index in [2.05, 4.69) is 9.83 Å². The van der Waals surface area contributed by atoms with Crippen LogP contribution in [-0.4, -0.2) is 4.98 Å². The van der Waals surface area contributed by atoms with Gasteiger partial charge in [-0.25, -0.2) is 4.85 Å². The summed E-state index contributed by atoms with van der Waals surface area (Å²) < 4.78 is 44.7. The first kappa shape index (κ1) is 16.8. The lowest BCUT2D eigenvalue weighted by atomic mass is 10.1. The Labute approximate surface area is 132 Å². The van der Waals surface area contributed by atoms with Gasteiger partial charge in [-0.3, -0.25) is 4.98 Å². The van der Waals surface area contributed by atoms with Crippen LogP contribution in [0.1, 0.15) is 36.4 Å². The number of aromatic nitrogens is 1. The zero-order chi connectivity index (χ0) is 17.0. The van der Waals surface area contributed by atoms with Crippen LogP contribution < -0.4 is 4.74 Å². The Morgan fingerprint density at radius 2 is 2.00 bits per heavy atom. The van der Waals surface area contributed by atoms with Crippen molar-refractivity contribution in [3.8, 4) is 5.75 Å². The lowest BCUT2D eigenvalue weighted by molar-refractivity contribution is -0.137. The fraction of sp³-hybridized carbons (Fsp3) is 0.294. The highest BCUT2D eigenvalue weighted by Crippen LogP contribution is 2.39. The number of pyridine rings is 1. The maximum Gasteiger partial charge on any atom is 0.407 e. The summed E-state index contributed by atoms with van der Waals surface area (Å²) in [6.45, 7) is 10.5. The molecule has 3 nitrogen and oxygen atoms in total. The largest absolute Gasteiger partial charge is 0.484 e. The van der Waals surface area contributed by atoms with Crippen LogP contribution in [0.2, 0.25) is 0 Å². The maximum absolute atomic E-state index is 13.0. The van der Waals surface area contributed by atoms with Crippen molar-refractivity contribution in [2.45, 2.75) is 32.5 Å². The quantitative estimate of drug-likeness (QED) is 0.696.